The Morgan fingerprint density at radius 2 is 1.88 bits per heavy atom. The predicted molar refractivity (Wildman–Crippen MR) is 72.9 cm³/mol. The highest BCUT2D eigenvalue weighted by molar-refractivity contribution is 4.92. The quantitative estimate of drug-likeness (QED) is 0.763. The van der Waals surface area contributed by atoms with Crippen LogP contribution in [0.1, 0.15) is 57.8 Å². The second-order valence-corrected chi connectivity index (χ2v) is 7.03. The van der Waals surface area contributed by atoms with Gasteiger partial charge in [-0.1, -0.05) is 32.1 Å². The van der Waals surface area contributed by atoms with Crippen LogP contribution in [-0.4, -0.2) is 13.6 Å². The van der Waals surface area contributed by atoms with E-state index in [4.69, 9.17) is 0 Å². The summed E-state index contributed by atoms with van der Waals surface area (Å²) in [6.45, 7) is 1.28. The first-order chi connectivity index (χ1) is 8.36. The number of hydrogen-bond acceptors (Lipinski definition) is 1. The molecule has 4 unspecified atom stereocenters. The normalized spacial score (nSPS) is 39.0. The van der Waals surface area contributed by atoms with E-state index in [1.54, 1.807) is 32.1 Å². The van der Waals surface area contributed by atoms with Gasteiger partial charge in [-0.05, 0) is 68.9 Å². The Kier molecular flexibility index (Phi) is 3.75. The molecule has 3 saturated carbocycles. The van der Waals surface area contributed by atoms with Crippen LogP contribution < -0.4 is 5.32 Å². The molecular weight excluding hydrogens is 206 g/mol. The maximum atomic E-state index is 3.46. The summed E-state index contributed by atoms with van der Waals surface area (Å²) >= 11 is 0. The van der Waals surface area contributed by atoms with Crippen LogP contribution >= 0.6 is 0 Å². The summed E-state index contributed by atoms with van der Waals surface area (Å²) in [7, 11) is 2.14. The van der Waals surface area contributed by atoms with Crippen LogP contribution in [0.5, 0.6) is 0 Å². The first-order valence-corrected chi connectivity index (χ1v) is 8.01. The van der Waals surface area contributed by atoms with Gasteiger partial charge in [0.1, 0.15) is 0 Å². The zero-order chi connectivity index (χ0) is 11.7. The molecule has 17 heavy (non-hydrogen) atoms. The Morgan fingerprint density at radius 1 is 1.06 bits per heavy atom. The topological polar surface area (TPSA) is 12.0 Å². The first-order valence-electron chi connectivity index (χ1n) is 8.01. The van der Waals surface area contributed by atoms with E-state index in [0.717, 1.165) is 29.6 Å². The van der Waals surface area contributed by atoms with Crippen LogP contribution in [0.2, 0.25) is 0 Å². The summed E-state index contributed by atoms with van der Waals surface area (Å²) in [5.41, 5.74) is 0. The lowest BCUT2D eigenvalue weighted by molar-refractivity contribution is 0.215. The predicted octanol–water partition coefficient (Wildman–Crippen LogP) is 3.84. The van der Waals surface area contributed by atoms with Crippen molar-refractivity contribution in [2.75, 3.05) is 13.6 Å². The minimum atomic E-state index is 0.992. The van der Waals surface area contributed by atoms with E-state index in [1.165, 1.54) is 32.2 Å². The van der Waals surface area contributed by atoms with E-state index in [0.29, 0.717) is 0 Å². The van der Waals surface area contributed by atoms with Crippen molar-refractivity contribution in [3.8, 4) is 0 Å². The zero-order valence-electron chi connectivity index (χ0n) is 11.5. The van der Waals surface area contributed by atoms with Crippen LogP contribution in [0.25, 0.3) is 0 Å². The summed E-state index contributed by atoms with van der Waals surface area (Å²) < 4.78 is 0. The summed E-state index contributed by atoms with van der Waals surface area (Å²) in [4.78, 5) is 0. The monoisotopic (exact) mass is 235 g/mol. The molecule has 3 aliphatic rings. The molecule has 0 aromatic carbocycles. The Bertz CT molecular complexity index is 244. The molecule has 0 amide bonds. The highest BCUT2D eigenvalue weighted by Gasteiger charge is 2.41. The van der Waals surface area contributed by atoms with Gasteiger partial charge in [0.15, 0.2) is 0 Å². The lowest BCUT2D eigenvalue weighted by Crippen LogP contribution is -2.28. The second-order valence-electron chi connectivity index (χ2n) is 7.03. The molecule has 0 aromatic rings. The van der Waals surface area contributed by atoms with Crippen molar-refractivity contribution in [2.24, 2.45) is 29.6 Å². The number of hydrogen-bond donors (Lipinski definition) is 1. The SMILES string of the molecule is CNCC(CC1CC2CCC1C2)C1CCCC1. The Labute approximate surface area is 107 Å². The molecule has 98 valence electrons. The summed E-state index contributed by atoms with van der Waals surface area (Å²) in [6.07, 6.45) is 13.9. The lowest BCUT2D eigenvalue weighted by atomic mass is 9.77. The number of fused-ring (bicyclic) bond motifs is 2. The van der Waals surface area contributed by atoms with Gasteiger partial charge in [-0.3, -0.25) is 0 Å². The van der Waals surface area contributed by atoms with Crippen LogP contribution in [0.3, 0.4) is 0 Å². The van der Waals surface area contributed by atoms with E-state index >= 15 is 0 Å². The molecule has 0 spiro atoms. The molecule has 0 heterocycles. The standard InChI is InChI=1S/C16H29N/c1-17-11-16(13-4-2-3-5-13)10-15-9-12-6-7-14(15)8-12/h12-17H,2-11H2,1H3. The zero-order valence-corrected chi connectivity index (χ0v) is 11.5. The summed E-state index contributed by atoms with van der Waals surface area (Å²) in [6, 6.07) is 0. The van der Waals surface area contributed by atoms with Crippen molar-refractivity contribution >= 4 is 0 Å². The smallest absolute Gasteiger partial charge is 0.00208 e. The minimum Gasteiger partial charge on any atom is -0.319 e. The molecule has 3 rings (SSSR count). The fourth-order valence-electron chi connectivity index (χ4n) is 5.19. The Morgan fingerprint density at radius 3 is 2.47 bits per heavy atom. The highest BCUT2D eigenvalue weighted by Crippen LogP contribution is 2.51. The van der Waals surface area contributed by atoms with E-state index in [9.17, 15) is 0 Å². The second kappa shape index (κ2) is 5.30. The molecule has 1 nitrogen and oxygen atoms in total. The summed E-state index contributed by atoms with van der Waals surface area (Å²) in [5.74, 6) is 5.41. The fourth-order valence-corrected chi connectivity index (χ4v) is 5.19. The Hall–Kier alpha value is -0.0400. The third-order valence-corrected chi connectivity index (χ3v) is 6.02. The molecule has 4 atom stereocenters. The van der Waals surface area contributed by atoms with E-state index in [2.05, 4.69) is 12.4 Å². The van der Waals surface area contributed by atoms with Crippen LogP contribution in [0.4, 0.5) is 0 Å². The van der Waals surface area contributed by atoms with Crippen LogP contribution in [0, 0.1) is 29.6 Å². The Balaban J connectivity index is 1.56. The number of rotatable bonds is 5. The van der Waals surface area contributed by atoms with Crippen LogP contribution in [0.15, 0.2) is 0 Å². The molecular formula is C16H29N. The third-order valence-electron chi connectivity index (χ3n) is 6.02. The molecule has 2 bridgehead atoms. The third kappa shape index (κ3) is 2.54. The van der Waals surface area contributed by atoms with Crippen molar-refractivity contribution in [2.45, 2.75) is 57.8 Å². The van der Waals surface area contributed by atoms with Gasteiger partial charge < -0.3 is 5.32 Å². The molecule has 0 aliphatic heterocycles. The van der Waals surface area contributed by atoms with Crippen molar-refractivity contribution in [1.82, 2.24) is 5.32 Å². The fraction of sp³-hybridized carbons (Fsp3) is 1.00. The molecule has 0 saturated heterocycles. The summed E-state index contributed by atoms with van der Waals surface area (Å²) in [5, 5.41) is 3.46. The molecule has 1 N–H and O–H groups in total. The van der Waals surface area contributed by atoms with Crippen molar-refractivity contribution in [3.63, 3.8) is 0 Å². The van der Waals surface area contributed by atoms with E-state index < -0.39 is 0 Å². The van der Waals surface area contributed by atoms with Crippen molar-refractivity contribution in [3.05, 3.63) is 0 Å². The molecule has 0 radical (unpaired) electrons. The van der Waals surface area contributed by atoms with Gasteiger partial charge in [-0.15, -0.1) is 0 Å². The molecule has 0 aromatic heterocycles. The van der Waals surface area contributed by atoms with Gasteiger partial charge >= 0.3 is 0 Å². The maximum Gasteiger partial charge on any atom is -0.00208 e. The minimum absolute atomic E-state index is 0.992. The van der Waals surface area contributed by atoms with Gasteiger partial charge in [0.05, 0.1) is 0 Å². The van der Waals surface area contributed by atoms with Gasteiger partial charge in [-0.25, -0.2) is 0 Å². The van der Waals surface area contributed by atoms with Gasteiger partial charge in [0, 0.05) is 0 Å². The van der Waals surface area contributed by atoms with Gasteiger partial charge in [0.25, 0.3) is 0 Å². The lowest BCUT2D eigenvalue weighted by Gasteiger charge is -2.30. The van der Waals surface area contributed by atoms with Crippen LogP contribution in [-0.2, 0) is 0 Å². The van der Waals surface area contributed by atoms with Gasteiger partial charge in [0.2, 0.25) is 0 Å². The van der Waals surface area contributed by atoms with E-state index in [1.807, 2.05) is 0 Å². The van der Waals surface area contributed by atoms with Gasteiger partial charge in [-0.2, -0.15) is 0 Å². The maximum absolute atomic E-state index is 3.46. The first kappa shape index (κ1) is 12.0. The highest BCUT2D eigenvalue weighted by atomic mass is 14.8. The molecule has 3 aliphatic carbocycles. The van der Waals surface area contributed by atoms with Crippen molar-refractivity contribution in [1.29, 1.82) is 0 Å². The number of nitrogens with one attached hydrogen (secondary N) is 1. The average Bonchev–Trinajstić information content (AvgIpc) is 3.06. The molecule has 3 fully saturated rings. The van der Waals surface area contributed by atoms with E-state index in [-0.39, 0.29) is 0 Å². The average molecular weight is 235 g/mol. The largest absolute Gasteiger partial charge is 0.319 e. The van der Waals surface area contributed by atoms with Crippen molar-refractivity contribution < 1.29 is 0 Å². The molecule has 1 heteroatoms.